The van der Waals surface area contributed by atoms with E-state index in [1.807, 2.05) is 29.2 Å². The van der Waals surface area contributed by atoms with Gasteiger partial charge < -0.3 is 9.64 Å². The summed E-state index contributed by atoms with van der Waals surface area (Å²) in [6.07, 6.45) is 2.78. The number of alkyl halides is 1. The fourth-order valence-corrected chi connectivity index (χ4v) is 6.42. The third-order valence-electron chi connectivity index (χ3n) is 7.23. The Morgan fingerprint density at radius 1 is 1.11 bits per heavy atom. The molecule has 3 aromatic rings. The summed E-state index contributed by atoms with van der Waals surface area (Å²) >= 11 is 0. The lowest BCUT2D eigenvalue weighted by molar-refractivity contribution is -0.148. The fraction of sp³-hybridized carbons (Fsp3) is 0.423. The second-order valence-corrected chi connectivity index (χ2v) is 11.8. The van der Waals surface area contributed by atoms with Gasteiger partial charge in [-0.05, 0) is 49.1 Å². The Kier molecular flexibility index (Phi) is 6.98. The van der Waals surface area contributed by atoms with Gasteiger partial charge in [0.15, 0.2) is 21.5 Å². The average Bonchev–Trinajstić information content (AvgIpc) is 3.33. The molecule has 0 amide bonds. The van der Waals surface area contributed by atoms with Crippen LogP contribution in [0.15, 0.2) is 48.8 Å². The van der Waals surface area contributed by atoms with Gasteiger partial charge in [-0.25, -0.2) is 26.9 Å². The second kappa shape index (κ2) is 10.2. The van der Waals surface area contributed by atoms with Gasteiger partial charge in [0.05, 0.1) is 30.2 Å². The molecule has 0 N–H and O–H groups in total. The van der Waals surface area contributed by atoms with E-state index in [9.17, 15) is 22.0 Å². The number of hydrogen-bond donors (Lipinski definition) is 0. The van der Waals surface area contributed by atoms with Crippen molar-refractivity contribution in [3.63, 3.8) is 0 Å². The molecule has 2 aliphatic rings. The number of benzene rings is 1. The molecule has 1 aliphatic carbocycles. The Labute approximate surface area is 214 Å². The van der Waals surface area contributed by atoms with Crippen LogP contribution < -0.4 is 4.90 Å². The number of carbonyl (C=O) groups excluding carboxylic acids is 1. The number of carbonyl (C=O) groups is 1. The van der Waals surface area contributed by atoms with Crippen molar-refractivity contribution in [3.05, 3.63) is 60.3 Å². The molecule has 2 aromatic heterocycles. The zero-order valence-electron chi connectivity index (χ0n) is 20.4. The van der Waals surface area contributed by atoms with Crippen LogP contribution in [0.5, 0.6) is 0 Å². The van der Waals surface area contributed by atoms with Crippen molar-refractivity contribution >= 4 is 21.5 Å². The first-order valence-corrected chi connectivity index (χ1v) is 14.1. The maximum atomic E-state index is 14.6. The van der Waals surface area contributed by atoms with Crippen molar-refractivity contribution in [2.75, 3.05) is 36.6 Å². The van der Waals surface area contributed by atoms with Crippen molar-refractivity contribution in [2.24, 2.45) is 5.92 Å². The Hall–Kier alpha value is -3.34. The van der Waals surface area contributed by atoms with Gasteiger partial charge in [0.2, 0.25) is 0 Å². The minimum absolute atomic E-state index is 0.0231. The molecule has 3 atom stereocenters. The molecule has 0 radical (unpaired) electrons. The molecular weight excluding hydrogens is 502 g/mol. The molecule has 8 nitrogen and oxygen atoms in total. The highest BCUT2D eigenvalue weighted by Gasteiger charge is 2.40. The molecular formula is C26H28F2N4O4S. The highest BCUT2D eigenvalue weighted by atomic mass is 32.2. The molecule has 1 saturated carbocycles. The van der Waals surface area contributed by atoms with Gasteiger partial charge in [0.1, 0.15) is 6.17 Å². The number of esters is 1. The molecule has 0 spiro atoms. The molecule has 196 valence electrons. The maximum absolute atomic E-state index is 14.6. The number of aromatic nitrogens is 3. The molecule has 1 aromatic carbocycles. The Morgan fingerprint density at radius 2 is 1.84 bits per heavy atom. The number of ether oxygens (including phenoxy) is 1. The Morgan fingerprint density at radius 3 is 2.51 bits per heavy atom. The first-order chi connectivity index (χ1) is 17.8. The monoisotopic (exact) mass is 530 g/mol. The molecule has 1 aliphatic heterocycles. The summed E-state index contributed by atoms with van der Waals surface area (Å²) in [5.74, 6) is -1.90. The van der Waals surface area contributed by atoms with Crippen LogP contribution >= 0.6 is 0 Å². The van der Waals surface area contributed by atoms with Gasteiger partial charge in [0, 0.05) is 42.7 Å². The summed E-state index contributed by atoms with van der Waals surface area (Å²) in [5, 5.41) is 4.67. The minimum Gasteiger partial charge on any atom is -0.469 e. The summed E-state index contributed by atoms with van der Waals surface area (Å²) in [7, 11) is -1.71. The Balaban J connectivity index is 1.54. The number of halogens is 2. The average molecular weight is 531 g/mol. The lowest BCUT2D eigenvalue weighted by atomic mass is 9.75. The van der Waals surface area contributed by atoms with Crippen LogP contribution in [0.4, 0.5) is 14.5 Å². The predicted molar refractivity (Wildman–Crippen MR) is 135 cm³/mol. The van der Waals surface area contributed by atoms with E-state index in [2.05, 4.69) is 10.1 Å². The van der Waals surface area contributed by atoms with E-state index in [0.29, 0.717) is 37.2 Å². The van der Waals surface area contributed by atoms with Crippen molar-refractivity contribution in [3.8, 4) is 16.9 Å². The van der Waals surface area contributed by atoms with Crippen LogP contribution in [0.3, 0.4) is 0 Å². The standard InChI is InChI=1S/C26H28F2N4O4S/c1-36-26(33)21-15-18(27)6-9-20(21)24-22(16-32(30-24)25-23(28)3-2-10-29-25)17-4-7-19(8-5-17)31-11-13-37(34,35)14-12-31/h2-5,7-8,10,16,18,20-21H,6,9,11-15H2,1H3/t18-,20+,21+/m0/s1. The van der Waals surface area contributed by atoms with Crippen molar-refractivity contribution in [1.29, 1.82) is 0 Å². The third-order valence-corrected chi connectivity index (χ3v) is 8.84. The lowest BCUT2D eigenvalue weighted by Crippen LogP contribution is -2.40. The van der Waals surface area contributed by atoms with Crippen LogP contribution in [-0.2, 0) is 19.4 Å². The molecule has 2 fully saturated rings. The number of anilines is 1. The van der Waals surface area contributed by atoms with Gasteiger partial charge in [-0.15, -0.1) is 0 Å². The second-order valence-electron chi connectivity index (χ2n) is 9.51. The molecule has 37 heavy (non-hydrogen) atoms. The van der Waals surface area contributed by atoms with E-state index in [1.54, 1.807) is 6.20 Å². The topological polar surface area (TPSA) is 94.4 Å². The normalized spacial score (nSPS) is 23.5. The van der Waals surface area contributed by atoms with Gasteiger partial charge in [-0.3, -0.25) is 4.79 Å². The van der Waals surface area contributed by atoms with Crippen LogP contribution in [0, 0.1) is 11.7 Å². The summed E-state index contributed by atoms with van der Waals surface area (Å²) in [4.78, 5) is 18.7. The number of pyridine rings is 1. The van der Waals surface area contributed by atoms with E-state index in [0.717, 1.165) is 11.3 Å². The van der Waals surface area contributed by atoms with E-state index in [4.69, 9.17) is 4.74 Å². The number of rotatable bonds is 5. The molecule has 11 heteroatoms. The van der Waals surface area contributed by atoms with Crippen LogP contribution in [0.2, 0.25) is 0 Å². The molecule has 0 bridgehead atoms. The molecule has 3 heterocycles. The van der Waals surface area contributed by atoms with E-state index >= 15 is 0 Å². The van der Waals surface area contributed by atoms with Gasteiger partial charge in [0.25, 0.3) is 0 Å². The third kappa shape index (κ3) is 5.22. The number of hydrogen-bond acceptors (Lipinski definition) is 7. The zero-order chi connectivity index (χ0) is 26.2. The summed E-state index contributed by atoms with van der Waals surface area (Å²) in [5.41, 5.74) is 2.93. The predicted octanol–water partition coefficient (Wildman–Crippen LogP) is 3.70. The first-order valence-electron chi connectivity index (χ1n) is 12.2. The van der Waals surface area contributed by atoms with Crippen LogP contribution in [-0.4, -0.2) is 67.0 Å². The van der Waals surface area contributed by atoms with Gasteiger partial charge >= 0.3 is 5.97 Å². The van der Waals surface area contributed by atoms with Gasteiger partial charge in [-0.2, -0.15) is 5.10 Å². The summed E-state index contributed by atoms with van der Waals surface area (Å²) < 4.78 is 58.8. The van der Waals surface area contributed by atoms with Crippen LogP contribution in [0.1, 0.15) is 30.9 Å². The SMILES string of the molecule is COC(=O)[C@@H]1C[C@@H](F)CC[C@H]1c1nn(-c2ncccc2F)cc1-c1ccc(N2CCS(=O)(=O)CC2)cc1. The molecule has 0 unspecified atom stereocenters. The van der Waals surface area contributed by atoms with Crippen LogP contribution in [0.25, 0.3) is 16.9 Å². The Bertz CT molecular complexity index is 1380. The highest BCUT2D eigenvalue weighted by Crippen LogP contribution is 2.43. The largest absolute Gasteiger partial charge is 0.469 e. The van der Waals surface area contributed by atoms with E-state index in [1.165, 1.54) is 30.1 Å². The minimum atomic E-state index is -2.99. The van der Waals surface area contributed by atoms with Crippen molar-refractivity contribution in [1.82, 2.24) is 14.8 Å². The smallest absolute Gasteiger partial charge is 0.309 e. The number of sulfone groups is 1. The molecule has 5 rings (SSSR count). The summed E-state index contributed by atoms with van der Waals surface area (Å²) in [6.45, 7) is 0.855. The van der Waals surface area contributed by atoms with Gasteiger partial charge in [-0.1, -0.05) is 12.1 Å². The lowest BCUT2D eigenvalue weighted by Gasteiger charge is -2.31. The first kappa shape index (κ1) is 25.3. The van der Waals surface area contributed by atoms with Crippen molar-refractivity contribution in [2.45, 2.75) is 31.4 Å². The number of nitrogens with zero attached hydrogens (tertiary/aromatic N) is 4. The quantitative estimate of drug-likeness (QED) is 0.464. The maximum Gasteiger partial charge on any atom is 0.309 e. The highest BCUT2D eigenvalue weighted by molar-refractivity contribution is 7.91. The number of methoxy groups -OCH3 is 1. The zero-order valence-corrected chi connectivity index (χ0v) is 21.2. The van der Waals surface area contributed by atoms with Crippen molar-refractivity contribution < 1.29 is 26.7 Å². The van der Waals surface area contributed by atoms with E-state index < -0.39 is 39.6 Å². The summed E-state index contributed by atoms with van der Waals surface area (Å²) in [6, 6.07) is 10.4. The van der Waals surface area contributed by atoms with E-state index in [-0.39, 0.29) is 23.7 Å². The molecule has 1 saturated heterocycles. The fourth-order valence-electron chi connectivity index (χ4n) is 5.22.